The number of methoxy groups -OCH3 is 1. The number of benzene rings is 1. The molecule has 0 saturated carbocycles. The average Bonchev–Trinajstić information content (AvgIpc) is 3.40. The third-order valence-corrected chi connectivity index (χ3v) is 4.50. The number of hydrogen-bond acceptors (Lipinski definition) is 7. The molecule has 0 unspecified atom stereocenters. The zero-order chi connectivity index (χ0) is 18.4. The Morgan fingerprint density at radius 3 is 3.07 bits per heavy atom. The summed E-state index contributed by atoms with van der Waals surface area (Å²) in [6.45, 7) is 2.52. The minimum Gasteiger partial charge on any atom is -0.493 e. The van der Waals surface area contributed by atoms with E-state index in [9.17, 15) is 0 Å². The van der Waals surface area contributed by atoms with Crippen LogP contribution in [-0.2, 0) is 6.54 Å². The summed E-state index contributed by atoms with van der Waals surface area (Å²) in [5, 5.41) is 5.39. The van der Waals surface area contributed by atoms with E-state index in [1.807, 2.05) is 35.9 Å². The molecule has 8 nitrogen and oxygen atoms in total. The Hall–Kier alpha value is -3.55. The summed E-state index contributed by atoms with van der Waals surface area (Å²) >= 11 is 0. The van der Waals surface area contributed by atoms with Gasteiger partial charge >= 0.3 is 0 Å². The second kappa shape index (κ2) is 6.01. The number of aromatic nitrogens is 4. The zero-order valence-corrected chi connectivity index (χ0v) is 14.8. The highest BCUT2D eigenvalue weighted by Crippen LogP contribution is 2.44. The smallest absolute Gasteiger partial charge is 0.231 e. The summed E-state index contributed by atoms with van der Waals surface area (Å²) < 4.78 is 24.0. The first kappa shape index (κ1) is 15.7. The molecule has 5 rings (SSSR count). The van der Waals surface area contributed by atoms with E-state index in [2.05, 4.69) is 15.1 Å². The van der Waals surface area contributed by atoms with Crippen molar-refractivity contribution in [1.29, 1.82) is 0 Å². The van der Waals surface area contributed by atoms with Gasteiger partial charge in [-0.2, -0.15) is 5.10 Å². The number of rotatable bonds is 4. The number of hydrogen-bond donors (Lipinski definition) is 0. The molecule has 0 amide bonds. The SMILES string of the molecule is COc1cc(-c2nc(Cn3ncc4cccnc43)c(C)o2)cc2c1OCO2. The fourth-order valence-corrected chi connectivity index (χ4v) is 3.12. The molecular formula is C19H16N4O4. The Kier molecular flexibility index (Phi) is 3.49. The first-order chi connectivity index (χ1) is 13.2. The number of fused-ring (bicyclic) bond motifs is 2. The van der Waals surface area contributed by atoms with Gasteiger partial charge in [0.1, 0.15) is 11.5 Å². The molecule has 0 spiro atoms. The highest BCUT2D eigenvalue weighted by atomic mass is 16.7. The van der Waals surface area contributed by atoms with Crippen LogP contribution in [0.2, 0.25) is 0 Å². The van der Waals surface area contributed by atoms with Crippen molar-refractivity contribution >= 4 is 11.0 Å². The van der Waals surface area contributed by atoms with E-state index in [-0.39, 0.29) is 6.79 Å². The van der Waals surface area contributed by atoms with Crippen LogP contribution >= 0.6 is 0 Å². The van der Waals surface area contributed by atoms with Crippen molar-refractivity contribution in [1.82, 2.24) is 19.7 Å². The van der Waals surface area contributed by atoms with Gasteiger partial charge < -0.3 is 18.6 Å². The van der Waals surface area contributed by atoms with Crippen LogP contribution in [-0.4, -0.2) is 33.7 Å². The van der Waals surface area contributed by atoms with Gasteiger partial charge in [0, 0.05) is 17.1 Å². The van der Waals surface area contributed by atoms with Gasteiger partial charge in [-0.05, 0) is 31.2 Å². The fourth-order valence-electron chi connectivity index (χ4n) is 3.12. The van der Waals surface area contributed by atoms with Gasteiger partial charge in [0.25, 0.3) is 0 Å². The monoisotopic (exact) mass is 364 g/mol. The summed E-state index contributed by atoms with van der Waals surface area (Å²) in [4.78, 5) is 9.04. The van der Waals surface area contributed by atoms with Crippen LogP contribution in [0.25, 0.3) is 22.5 Å². The van der Waals surface area contributed by atoms with Gasteiger partial charge in [-0.25, -0.2) is 14.6 Å². The lowest BCUT2D eigenvalue weighted by atomic mass is 10.2. The van der Waals surface area contributed by atoms with E-state index >= 15 is 0 Å². The van der Waals surface area contributed by atoms with E-state index in [0.717, 1.165) is 28.1 Å². The molecule has 0 aliphatic carbocycles. The van der Waals surface area contributed by atoms with E-state index in [1.165, 1.54) is 0 Å². The Bertz CT molecular complexity index is 1150. The lowest BCUT2D eigenvalue weighted by Crippen LogP contribution is -2.04. The quantitative estimate of drug-likeness (QED) is 0.550. The standard InChI is InChI=1S/C19H16N4O4/c1-11-14(9-23-18-12(8-21-23)4-3-5-20-18)22-19(27-11)13-6-15(24-2)17-16(7-13)25-10-26-17/h3-8H,9-10H2,1-2H3. The third-order valence-electron chi connectivity index (χ3n) is 4.50. The Morgan fingerprint density at radius 1 is 1.26 bits per heavy atom. The fraction of sp³-hybridized carbons (Fsp3) is 0.211. The maximum absolute atomic E-state index is 5.90. The molecule has 0 radical (unpaired) electrons. The minimum absolute atomic E-state index is 0.171. The van der Waals surface area contributed by atoms with Crippen LogP contribution in [0.3, 0.4) is 0 Å². The van der Waals surface area contributed by atoms with Crippen LogP contribution in [0.15, 0.2) is 41.1 Å². The average molecular weight is 364 g/mol. The van der Waals surface area contributed by atoms with Crippen molar-refractivity contribution in [2.75, 3.05) is 13.9 Å². The van der Waals surface area contributed by atoms with Crippen LogP contribution in [0.1, 0.15) is 11.5 Å². The summed E-state index contributed by atoms with van der Waals surface area (Å²) in [5.41, 5.74) is 2.36. The van der Waals surface area contributed by atoms with E-state index < -0.39 is 0 Å². The molecule has 0 bridgehead atoms. The molecule has 1 aromatic carbocycles. The van der Waals surface area contributed by atoms with Crippen molar-refractivity contribution in [2.24, 2.45) is 0 Å². The number of ether oxygens (including phenoxy) is 3. The van der Waals surface area contributed by atoms with Crippen LogP contribution in [0.4, 0.5) is 0 Å². The van der Waals surface area contributed by atoms with Gasteiger partial charge in [-0.3, -0.25) is 0 Å². The first-order valence-corrected chi connectivity index (χ1v) is 8.44. The van der Waals surface area contributed by atoms with Crippen molar-refractivity contribution in [3.63, 3.8) is 0 Å². The van der Waals surface area contributed by atoms with Gasteiger partial charge in [0.05, 0.1) is 19.9 Å². The third kappa shape index (κ3) is 2.57. The summed E-state index contributed by atoms with van der Waals surface area (Å²) in [6, 6.07) is 7.53. The molecule has 1 aliphatic heterocycles. The molecule has 8 heteroatoms. The molecule has 0 saturated heterocycles. The lowest BCUT2D eigenvalue weighted by Gasteiger charge is -2.06. The summed E-state index contributed by atoms with van der Waals surface area (Å²) in [6.07, 6.45) is 3.54. The van der Waals surface area contributed by atoms with Crippen molar-refractivity contribution in [2.45, 2.75) is 13.5 Å². The molecule has 136 valence electrons. The highest BCUT2D eigenvalue weighted by molar-refractivity contribution is 5.74. The van der Waals surface area contributed by atoms with Crippen molar-refractivity contribution < 1.29 is 18.6 Å². The van der Waals surface area contributed by atoms with Crippen molar-refractivity contribution in [3.8, 4) is 28.7 Å². The van der Waals surface area contributed by atoms with Gasteiger partial charge in [-0.1, -0.05) is 0 Å². The number of nitrogens with zero attached hydrogens (tertiary/aromatic N) is 4. The van der Waals surface area contributed by atoms with E-state index in [4.69, 9.17) is 18.6 Å². The number of aryl methyl sites for hydroxylation is 1. The van der Waals surface area contributed by atoms with Crippen LogP contribution in [0, 0.1) is 6.92 Å². The maximum Gasteiger partial charge on any atom is 0.231 e. The second-order valence-electron chi connectivity index (χ2n) is 6.15. The van der Waals surface area contributed by atoms with Crippen molar-refractivity contribution in [3.05, 3.63) is 48.1 Å². The molecule has 4 heterocycles. The molecule has 3 aromatic heterocycles. The number of pyridine rings is 1. The molecule has 0 fully saturated rings. The Morgan fingerprint density at radius 2 is 2.19 bits per heavy atom. The molecule has 4 aromatic rings. The largest absolute Gasteiger partial charge is 0.493 e. The van der Waals surface area contributed by atoms with Gasteiger partial charge in [-0.15, -0.1) is 0 Å². The number of oxazole rings is 1. The highest BCUT2D eigenvalue weighted by Gasteiger charge is 2.23. The molecule has 0 atom stereocenters. The molecule has 27 heavy (non-hydrogen) atoms. The van der Waals surface area contributed by atoms with E-state index in [0.29, 0.717) is 29.7 Å². The topological polar surface area (TPSA) is 84.4 Å². The van der Waals surface area contributed by atoms with Gasteiger partial charge in [0.15, 0.2) is 17.1 Å². The van der Waals surface area contributed by atoms with E-state index in [1.54, 1.807) is 19.5 Å². The first-order valence-electron chi connectivity index (χ1n) is 8.44. The predicted molar refractivity (Wildman–Crippen MR) is 96.0 cm³/mol. The summed E-state index contributed by atoms with van der Waals surface area (Å²) in [5.74, 6) is 3.01. The normalized spacial score (nSPS) is 12.7. The lowest BCUT2D eigenvalue weighted by molar-refractivity contribution is 0.171. The van der Waals surface area contributed by atoms with Crippen LogP contribution < -0.4 is 14.2 Å². The second-order valence-corrected chi connectivity index (χ2v) is 6.15. The molecule has 1 aliphatic rings. The minimum atomic E-state index is 0.171. The zero-order valence-electron chi connectivity index (χ0n) is 14.8. The Labute approximate surface area is 154 Å². The van der Waals surface area contributed by atoms with Crippen LogP contribution in [0.5, 0.6) is 17.2 Å². The van der Waals surface area contributed by atoms with Gasteiger partial charge in [0.2, 0.25) is 18.4 Å². The summed E-state index contributed by atoms with van der Waals surface area (Å²) in [7, 11) is 1.59. The molecule has 0 N–H and O–H groups in total. The predicted octanol–water partition coefficient (Wildman–Crippen LogP) is 3.18. The molecular weight excluding hydrogens is 348 g/mol. The maximum atomic E-state index is 5.90. The Balaban J connectivity index is 1.52.